The van der Waals surface area contributed by atoms with Crippen molar-refractivity contribution < 1.29 is 13.2 Å². The maximum Gasteiger partial charge on any atom is 0.194 e. The predicted octanol–water partition coefficient (Wildman–Crippen LogP) is 2.51. The molecule has 0 saturated carbocycles. The highest BCUT2D eigenvalue weighted by molar-refractivity contribution is 7.90. The van der Waals surface area contributed by atoms with E-state index in [1.807, 2.05) is 6.92 Å². The molecular weight excluding hydrogens is 260 g/mol. The molecule has 96 valence electrons. The van der Waals surface area contributed by atoms with Crippen molar-refractivity contribution in [3.05, 3.63) is 64.7 Å². The van der Waals surface area contributed by atoms with E-state index in [9.17, 15) is 13.2 Å². The normalized spacial score (nSPS) is 16.4. The molecule has 1 aliphatic rings. The van der Waals surface area contributed by atoms with Gasteiger partial charge in [0.15, 0.2) is 15.6 Å². The molecular formula is C15H12O3S. The lowest BCUT2D eigenvalue weighted by atomic mass is 9.99. The van der Waals surface area contributed by atoms with Crippen LogP contribution >= 0.6 is 0 Å². The average Bonchev–Trinajstić information content (AvgIpc) is 2.45. The summed E-state index contributed by atoms with van der Waals surface area (Å²) in [5, 5.41) is 0. The zero-order chi connectivity index (χ0) is 13.6. The summed E-state index contributed by atoms with van der Waals surface area (Å²) < 4.78 is 24.8. The summed E-state index contributed by atoms with van der Waals surface area (Å²) in [5.74, 6) is -0.336. The van der Waals surface area contributed by atoms with E-state index < -0.39 is 9.84 Å². The second-order valence-electron chi connectivity index (χ2n) is 4.74. The van der Waals surface area contributed by atoms with Gasteiger partial charge in [-0.05, 0) is 30.2 Å². The molecule has 0 radical (unpaired) electrons. The average molecular weight is 272 g/mol. The smallest absolute Gasteiger partial charge is 0.194 e. The van der Waals surface area contributed by atoms with E-state index >= 15 is 0 Å². The van der Waals surface area contributed by atoms with Crippen molar-refractivity contribution in [3.63, 3.8) is 0 Å². The summed E-state index contributed by atoms with van der Waals surface area (Å²) in [5.41, 5.74) is 2.16. The standard InChI is InChI=1S/C15H12O3S/c1-10-6-7-13-14(8-10)19(17,18)9-11-4-2-3-5-12(11)15(13)16/h2-8H,9H2,1H3. The van der Waals surface area contributed by atoms with Crippen LogP contribution in [-0.4, -0.2) is 14.2 Å². The van der Waals surface area contributed by atoms with Crippen molar-refractivity contribution >= 4 is 15.6 Å². The minimum Gasteiger partial charge on any atom is -0.289 e. The molecule has 19 heavy (non-hydrogen) atoms. The molecule has 3 rings (SSSR count). The second kappa shape index (κ2) is 4.03. The van der Waals surface area contributed by atoms with E-state index in [0.29, 0.717) is 11.1 Å². The molecule has 2 aromatic rings. The Hall–Kier alpha value is -1.94. The second-order valence-corrected chi connectivity index (χ2v) is 6.70. The van der Waals surface area contributed by atoms with Gasteiger partial charge in [-0.3, -0.25) is 4.79 Å². The lowest BCUT2D eigenvalue weighted by Crippen LogP contribution is -2.06. The van der Waals surface area contributed by atoms with Gasteiger partial charge >= 0.3 is 0 Å². The fraction of sp³-hybridized carbons (Fsp3) is 0.133. The SMILES string of the molecule is Cc1ccc2c(c1)S(=O)(=O)Cc1ccccc1C2=O. The van der Waals surface area contributed by atoms with Gasteiger partial charge in [0, 0.05) is 11.1 Å². The van der Waals surface area contributed by atoms with E-state index in [-0.39, 0.29) is 22.0 Å². The fourth-order valence-corrected chi connectivity index (χ4v) is 4.05. The first kappa shape index (κ1) is 12.1. The third-order valence-corrected chi connectivity index (χ3v) is 5.02. The van der Waals surface area contributed by atoms with Gasteiger partial charge in [-0.2, -0.15) is 0 Å². The van der Waals surface area contributed by atoms with Gasteiger partial charge in [0.2, 0.25) is 0 Å². The highest BCUT2D eigenvalue weighted by Gasteiger charge is 2.29. The summed E-state index contributed by atoms with van der Waals surface area (Å²) in [4.78, 5) is 12.6. The number of hydrogen-bond donors (Lipinski definition) is 0. The van der Waals surface area contributed by atoms with E-state index in [1.54, 1.807) is 42.5 Å². The number of sulfone groups is 1. The van der Waals surface area contributed by atoms with Gasteiger partial charge in [0.25, 0.3) is 0 Å². The summed E-state index contributed by atoms with van der Waals surface area (Å²) in [7, 11) is -3.47. The van der Waals surface area contributed by atoms with Crippen molar-refractivity contribution in [2.75, 3.05) is 0 Å². The molecule has 0 aliphatic carbocycles. The topological polar surface area (TPSA) is 51.2 Å². The van der Waals surface area contributed by atoms with Crippen LogP contribution in [0.5, 0.6) is 0 Å². The third-order valence-electron chi connectivity index (χ3n) is 3.32. The highest BCUT2D eigenvalue weighted by atomic mass is 32.2. The summed E-state index contributed by atoms with van der Waals surface area (Å²) >= 11 is 0. The minimum absolute atomic E-state index is 0.120. The lowest BCUT2D eigenvalue weighted by Gasteiger charge is -2.05. The number of carbonyl (C=O) groups is 1. The van der Waals surface area contributed by atoms with Crippen molar-refractivity contribution in [3.8, 4) is 0 Å². The molecule has 1 aliphatic heterocycles. The molecule has 0 fully saturated rings. The Morgan fingerprint density at radius 3 is 2.53 bits per heavy atom. The number of fused-ring (bicyclic) bond motifs is 2. The molecule has 4 heteroatoms. The molecule has 1 heterocycles. The fourth-order valence-electron chi connectivity index (χ4n) is 2.37. The quantitative estimate of drug-likeness (QED) is 0.740. The van der Waals surface area contributed by atoms with Crippen LogP contribution < -0.4 is 0 Å². The summed E-state index contributed by atoms with van der Waals surface area (Å²) in [6, 6.07) is 11.8. The van der Waals surface area contributed by atoms with E-state index in [1.165, 1.54) is 0 Å². The molecule has 2 aromatic carbocycles. The molecule has 0 N–H and O–H groups in total. The zero-order valence-electron chi connectivity index (χ0n) is 10.4. The van der Waals surface area contributed by atoms with Crippen LogP contribution in [-0.2, 0) is 15.6 Å². The minimum atomic E-state index is -3.47. The Morgan fingerprint density at radius 1 is 1.00 bits per heavy atom. The molecule has 3 nitrogen and oxygen atoms in total. The number of carbonyl (C=O) groups excluding carboxylic acids is 1. The Bertz CT molecular complexity index is 789. The van der Waals surface area contributed by atoms with Crippen LogP contribution in [0.3, 0.4) is 0 Å². The monoisotopic (exact) mass is 272 g/mol. The van der Waals surface area contributed by atoms with E-state index in [4.69, 9.17) is 0 Å². The first-order valence-electron chi connectivity index (χ1n) is 5.95. The Balaban J connectivity index is 2.38. The largest absolute Gasteiger partial charge is 0.289 e. The zero-order valence-corrected chi connectivity index (χ0v) is 11.2. The van der Waals surface area contributed by atoms with Gasteiger partial charge in [0.1, 0.15) is 0 Å². The molecule has 0 spiro atoms. The van der Waals surface area contributed by atoms with Gasteiger partial charge in [-0.25, -0.2) is 8.42 Å². The van der Waals surface area contributed by atoms with Crippen LogP contribution in [0.4, 0.5) is 0 Å². The Kier molecular flexibility index (Phi) is 2.57. The van der Waals surface area contributed by atoms with E-state index in [0.717, 1.165) is 5.56 Å². The molecule has 0 atom stereocenters. The van der Waals surface area contributed by atoms with Gasteiger partial charge < -0.3 is 0 Å². The summed E-state index contributed by atoms with van der Waals surface area (Å²) in [6.45, 7) is 1.82. The highest BCUT2D eigenvalue weighted by Crippen LogP contribution is 2.30. The maximum absolute atomic E-state index is 12.5. The number of hydrogen-bond acceptors (Lipinski definition) is 3. The maximum atomic E-state index is 12.5. The van der Waals surface area contributed by atoms with Gasteiger partial charge in [-0.1, -0.05) is 30.3 Å². The van der Waals surface area contributed by atoms with Gasteiger partial charge in [0.05, 0.1) is 10.6 Å². The van der Waals surface area contributed by atoms with Crippen LogP contribution in [0.1, 0.15) is 27.0 Å². The number of benzene rings is 2. The van der Waals surface area contributed by atoms with Crippen LogP contribution in [0.2, 0.25) is 0 Å². The predicted molar refractivity (Wildman–Crippen MR) is 71.9 cm³/mol. The first-order chi connectivity index (χ1) is 8.99. The molecule has 0 saturated heterocycles. The van der Waals surface area contributed by atoms with Crippen molar-refractivity contribution in [1.82, 2.24) is 0 Å². The number of rotatable bonds is 0. The Labute approximate surface area is 111 Å². The molecule has 0 unspecified atom stereocenters. The van der Waals surface area contributed by atoms with Crippen LogP contribution in [0.25, 0.3) is 0 Å². The van der Waals surface area contributed by atoms with Crippen LogP contribution in [0, 0.1) is 6.92 Å². The summed E-state index contributed by atoms with van der Waals surface area (Å²) in [6.07, 6.45) is 0. The Morgan fingerprint density at radius 2 is 1.74 bits per heavy atom. The first-order valence-corrected chi connectivity index (χ1v) is 7.60. The van der Waals surface area contributed by atoms with E-state index in [2.05, 4.69) is 0 Å². The lowest BCUT2D eigenvalue weighted by molar-refractivity contribution is 0.103. The van der Waals surface area contributed by atoms with Crippen molar-refractivity contribution in [2.24, 2.45) is 0 Å². The van der Waals surface area contributed by atoms with Crippen molar-refractivity contribution in [2.45, 2.75) is 17.6 Å². The molecule has 0 amide bonds. The molecule has 0 aromatic heterocycles. The number of aryl methyl sites for hydroxylation is 1. The van der Waals surface area contributed by atoms with Crippen LogP contribution in [0.15, 0.2) is 47.4 Å². The molecule has 0 bridgehead atoms. The van der Waals surface area contributed by atoms with Gasteiger partial charge in [-0.15, -0.1) is 0 Å². The van der Waals surface area contributed by atoms with Crippen molar-refractivity contribution in [1.29, 1.82) is 0 Å². The number of ketones is 1. The third kappa shape index (κ3) is 1.88.